The van der Waals surface area contributed by atoms with Crippen LogP contribution in [0.3, 0.4) is 0 Å². The van der Waals surface area contributed by atoms with Crippen LogP contribution in [-0.2, 0) is 0 Å². The molecular weight excluding hydrogens is 322 g/mol. The number of ether oxygens (including phenoxy) is 1. The van der Waals surface area contributed by atoms with Crippen LogP contribution in [-0.4, -0.2) is 48.6 Å². The van der Waals surface area contributed by atoms with E-state index >= 15 is 0 Å². The first kappa shape index (κ1) is 16.9. The van der Waals surface area contributed by atoms with Crippen LogP contribution in [0.2, 0.25) is 0 Å². The van der Waals surface area contributed by atoms with Gasteiger partial charge in [0.1, 0.15) is 16.5 Å². The number of thiazole rings is 1. The standard InChI is InChI=1S/C18H23N3O2S/c1-3-10-23-15-6-4-13(5-7-15)17-20-16(12-24-17)18(22)21(2)14-8-9-19-11-14/h4-7,12,14,19H,3,8-11H2,1-2H3. The third-order valence-electron chi connectivity index (χ3n) is 4.20. The average molecular weight is 345 g/mol. The van der Waals surface area contributed by atoms with Gasteiger partial charge in [-0.05, 0) is 43.7 Å². The summed E-state index contributed by atoms with van der Waals surface area (Å²) in [6.45, 7) is 4.63. The van der Waals surface area contributed by atoms with Gasteiger partial charge in [0.2, 0.25) is 0 Å². The van der Waals surface area contributed by atoms with Gasteiger partial charge in [0, 0.05) is 30.6 Å². The molecule has 5 nitrogen and oxygen atoms in total. The molecule has 2 aromatic rings. The molecule has 0 bridgehead atoms. The van der Waals surface area contributed by atoms with Crippen LogP contribution in [0.4, 0.5) is 0 Å². The van der Waals surface area contributed by atoms with Gasteiger partial charge < -0.3 is 15.0 Å². The van der Waals surface area contributed by atoms with Crippen molar-refractivity contribution in [2.45, 2.75) is 25.8 Å². The summed E-state index contributed by atoms with van der Waals surface area (Å²) in [6.07, 6.45) is 1.99. The summed E-state index contributed by atoms with van der Waals surface area (Å²) in [7, 11) is 1.86. The zero-order valence-electron chi connectivity index (χ0n) is 14.1. The van der Waals surface area contributed by atoms with Crippen LogP contribution < -0.4 is 10.1 Å². The van der Waals surface area contributed by atoms with E-state index in [0.29, 0.717) is 5.69 Å². The number of carbonyl (C=O) groups excluding carboxylic acids is 1. The summed E-state index contributed by atoms with van der Waals surface area (Å²) in [6, 6.07) is 8.14. The molecule has 0 aliphatic carbocycles. The van der Waals surface area contributed by atoms with Crippen LogP contribution in [0.25, 0.3) is 10.6 Å². The van der Waals surface area contributed by atoms with Crippen LogP contribution >= 0.6 is 11.3 Å². The highest BCUT2D eigenvalue weighted by atomic mass is 32.1. The smallest absolute Gasteiger partial charge is 0.273 e. The minimum absolute atomic E-state index is 0.00546. The minimum Gasteiger partial charge on any atom is -0.494 e. The maximum Gasteiger partial charge on any atom is 0.273 e. The lowest BCUT2D eigenvalue weighted by Crippen LogP contribution is -2.38. The second-order valence-corrected chi connectivity index (χ2v) is 6.83. The van der Waals surface area contributed by atoms with Crippen LogP contribution in [0.5, 0.6) is 5.75 Å². The van der Waals surface area contributed by atoms with Gasteiger partial charge in [-0.15, -0.1) is 11.3 Å². The number of nitrogens with zero attached hydrogens (tertiary/aromatic N) is 2. The van der Waals surface area contributed by atoms with Gasteiger partial charge in [-0.2, -0.15) is 0 Å². The number of hydrogen-bond acceptors (Lipinski definition) is 5. The number of nitrogens with one attached hydrogen (secondary N) is 1. The van der Waals surface area contributed by atoms with E-state index < -0.39 is 0 Å². The largest absolute Gasteiger partial charge is 0.494 e. The highest BCUT2D eigenvalue weighted by Gasteiger charge is 2.25. The average Bonchev–Trinajstić information content (AvgIpc) is 3.30. The number of rotatable bonds is 6. The van der Waals surface area contributed by atoms with E-state index in [2.05, 4.69) is 17.2 Å². The zero-order valence-corrected chi connectivity index (χ0v) is 14.9. The van der Waals surface area contributed by atoms with Crippen molar-refractivity contribution in [3.63, 3.8) is 0 Å². The molecule has 1 aromatic heterocycles. The van der Waals surface area contributed by atoms with Crippen LogP contribution in [0.15, 0.2) is 29.6 Å². The van der Waals surface area contributed by atoms with E-state index in [0.717, 1.165) is 48.9 Å². The maximum absolute atomic E-state index is 12.6. The molecule has 1 saturated heterocycles. The zero-order chi connectivity index (χ0) is 16.9. The highest BCUT2D eigenvalue weighted by molar-refractivity contribution is 7.13. The fraction of sp³-hybridized carbons (Fsp3) is 0.444. The fourth-order valence-electron chi connectivity index (χ4n) is 2.73. The molecule has 1 fully saturated rings. The maximum atomic E-state index is 12.6. The first-order valence-electron chi connectivity index (χ1n) is 8.35. The van der Waals surface area contributed by atoms with Gasteiger partial charge in [-0.1, -0.05) is 6.92 Å². The van der Waals surface area contributed by atoms with Crippen molar-refractivity contribution in [3.05, 3.63) is 35.3 Å². The van der Waals surface area contributed by atoms with Gasteiger partial charge in [0.15, 0.2) is 0 Å². The normalized spacial score (nSPS) is 17.0. The summed E-state index contributed by atoms with van der Waals surface area (Å²) >= 11 is 1.50. The monoisotopic (exact) mass is 345 g/mol. The van der Waals surface area contributed by atoms with Gasteiger partial charge in [-0.25, -0.2) is 4.98 Å². The Balaban J connectivity index is 1.69. The lowest BCUT2D eigenvalue weighted by atomic mass is 10.2. The van der Waals surface area contributed by atoms with Crippen molar-refractivity contribution in [3.8, 4) is 16.3 Å². The van der Waals surface area contributed by atoms with Gasteiger partial charge in [-0.3, -0.25) is 4.79 Å². The summed E-state index contributed by atoms with van der Waals surface area (Å²) in [5.41, 5.74) is 1.53. The van der Waals surface area contributed by atoms with E-state index in [1.807, 2.05) is 36.7 Å². The predicted octanol–water partition coefficient (Wildman–Crippen LogP) is 3.03. The second-order valence-electron chi connectivity index (χ2n) is 5.97. The number of hydrogen-bond donors (Lipinski definition) is 1. The molecule has 1 aliphatic rings. The molecule has 0 radical (unpaired) electrons. The number of likely N-dealkylation sites (N-methyl/N-ethyl adjacent to an activating group) is 1. The lowest BCUT2D eigenvalue weighted by molar-refractivity contribution is 0.0739. The van der Waals surface area contributed by atoms with Gasteiger partial charge >= 0.3 is 0 Å². The molecule has 3 rings (SSSR count). The first-order valence-corrected chi connectivity index (χ1v) is 9.23. The first-order chi connectivity index (χ1) is 11.7. The molecule has 6 heteroatoms. The molecule has 1 unspecified atom stereocenters. The van der Waals surface area contributed by atoms with Crippen molar-refractivity contribution in [2.24, 2.45) is 0 Å². The van der Waals surface area contributed by atoms with Crippen molar-refractivity contribution in [1.82, 2.24) is 15.2 Å². The number of carbonyl (C=O) groups is 1. The molecule has 24 heavy (non-hydrogen) atoms. The van der Waals surface area contributed by atoms with Crippen molar-refractivity contribution >= 4 is 17.2 Å². The van der Waals surface area contributed by atoms with Crippen molar-refractivity contribution < 1.29 is 9.53 Å². The third-order valence-corrected chi connectivity index (χ3v) is 5.09. The van der Waals surface area contributed by atoms with Crippen molar-refractivity contribution in [2.75, 3.05) is 26.7 Å². The molecule has 0 spiro atoms. The van der Waals surface area contributed by atoms with Crippen molar-refractivity contribution in [1.29, 1.82) is 0 Å². The molecule has 1 aliphatic heterocycles. The Kier molecular flexibility index (Phi) is 5.48. The second kappa shape index (κ2) is 7.77. The molecule has 1 N–H and O–H groups in total. The van der Waals surface area contributed by atoms with E-state index in [1.165, 1.54) is 11.3 Å². The van der Waals surface area contributed by atoms with Gasteiger partial charge in [0.05, 0.1) is 6.61 Å². The summed E-state index contributed by atoms with van der Waals surface area (Å²) in [5, 5.41) is 5.99. The molecule has 1 atom stereocenters. The molecular formula is C18H23N3O2S. The number of benzene rings is 1. The van der Waals surface area contributed by atoms with E-state index in [1.54, 1.807) is 4.90 Å². The van der Waals surface area contributed by atoms with Gasteiger partial charge in [0.25, 0.3) is 5.91 Å². The van der Waals surface area contributed by atoms with Crippen LogP contribution in [0, 0.1) is 0 Å². The third kappa shape index (κ3) is 3.76. The molecule has 0 saturated carbocycles. The number of amides is 1. The Hall–Kier alpha value is -1.92. The Bertz CT molecular complexity index is 678. The van der Waals surface area contributed by atoms with E-state index in [-0.39, 0.29) is 11.9 Å². The Labute approximate surface area is 146 Å². The Morgan fingerprint density at radius 2 is 2.21 bits per heavy atom. The summed E-state index contributed by atoms with van der Waals surface area (Å²) in [5.74, 6) is 0.857. The molecule has 2 heterocycles. The Morgan fingerprint density at radius 1 is 1.42 bits per heavy atom. The Morgan fingerprint density at radius 3 is 2.88 bits per heavy atom. The molecule has 1 aromatic carbocycles. The quantitative estimate of drug-likeness (QED) is 0.874. The fourth-order valence-corrected chi connectivity index (χ4v) is 3.53. The van der Waals surface area contributed by atoms with Crippen LogP contribution in [0.1, 0.15) is 30.3 Å². The minimum atomic E-state index is -0.00546. The molecule has 1 amide bonds. The highest BCUT2D eigenvalue weighted by Crippen LogP contribution is 2.26. The summed E-state index contributed by atoms with van der Waals surface area (Å²) < 4.78 is 5.59. The molecule has 128 valence electrons. The SMILES string of the molecule is CCCOc1ccc(-c2nc(C(=O)N(C)C3CCNC3)cs2)cc1. The number of aromatic nitrogens is 1. The van der Waals surface area contributed by atoms with E-state index in [9.17, 15) is 4.79 Å². The topological polar surface area (TPSA) is 54.5 Å². The summed E-state index contributed by atoms with van der Waals surface area (Å²) in [4.78, 5) is 18.9. The lowest BCUT2D eigenvalue weighted by Gasteiger charge is -2.22. The predicted molar refractivity (Wildman–Crippen MR) is 96.7 cm³/mol. The van der Waals surface area contributed by atoms with E-state index in [4.69, 9.17) is 4.74 Å².